The molecule has 0 radical (unpaired) electrons. The lowest BCUT2D eigenvalue weighted by molar-refractivity contribution is -0.0375. The molecule has 7 fully saturated rings. The number of aliphatic hydroxyl groups is 1. The van der Waals surface area contributed by atoms with Crippen LogP contribution in [0.25, 0.3) is 33.4 Å². The lowest BCUT2D eigenvalue weighted by Crippen LogP contribution is -2.45. The van der Waals surface area contributed by atoms with Crippen LogP contribution in [0.3, 0.4) is 0 Å². The number of hydrogen-bond acceptors (Lipinski definition) is 16. The SMILES string of the molecule is COc1nc(N2CC3CC2CO3)cc(-n2ncc3cc(CCOc4nc(N5CC6(CO)CC5CO6)cc(-n5ncc6cc(C)c(C7CCOCC7)cc65)n4)c(C4CCN(C5CCOC5)CC4)cc32)n1. The van der Waals surface area contributed by atoms with Crippen molar-refractivity contribution >= 4 is 33.4 Å². The van der Waals surface area contributed by atoms with Gasteiger partial charge in [0, 0.05) is 68.2 Å². The molecular weight excluding hydrogens is 879 g/mol. The fourth-order valence-electron chi connectivity index (χ4n) is 12.5. The molecule has 6 aromatic rings. The maximum atomic E-state index is 10.4. The van der Waals surface area contributed by atoms with Gasteiger partial charge in [-0.25, -0.2) is 9.36 Å². The predicted molar refractivity (Wildman–Crippen MR) is 256 cm³/mol. The van der Waals surface area contributed by atoms with Crippen molar-refractivity contribution in [1.29, 1.82) is 0 Å². The summed E-state index contributed by atoms with van der Waals surface area (Å²) < 4.78 is 39.7. The van der Waals surface area contributed by atoms with Gasteiger partial charge >= 0.3 is 12.0 Å². The Morgan fingerprint density at radius 3 is 2.10 bits per heavy atom. The normalized spacial score (nSPS) is 26.4. The van der Waals surface area contributed by atoms with Gasteiger partial charge in [-0.3, -0.25) is 4.90 Å². The second kappa shape index (κ2) is 17.7. The number of anilines is 2. The highest BCUT2D eigenvalue weighted by Crippen LogP contribution is 2.42. The third-order valence-corrected chi connectivity index (χ3v) is 16.3. The maximum absolute atomic E-state index is 10.4. The number of morpholine rings is 2. The fraction of sp³-hybridized carbons (Fsp3) is 0.569. The van der Waals surface area contributed by atoms with E-state index in [1.165, 1.54) is 22.3 Å². The quantitative estimate of drug-likeness (QED) is 0.163. The topological polar surface area (TPSA) is 173 Å². The number of aryl methyl sites for hydroxylation is 1. The van der Waals surface area contributed by atoms with E-state index < -0.39 is 5.60 Å². The van der Waals surface area contributed by atoms with Gasteiger partial charge in [0.2, 0.25) is 0 Å². The van der Waals surface area contributed by atoms with E-state index in [9.17, 15) is 5.11 Å². The Morgan fingerprint density at radius 1 is 0.710 bits per heavy atom. The monoisotopic (exact) mass is 939 g/mol. The number of methoxy groups -OCH3 is 1. The van der Waals surface area contributed by atoms with Crippen LogP contribution in [0.2, 0.25) is 0 Å². The van der Waals surface area contributed by atoms with E-state index in [0.29, 0.717) is 80.4 Å². The summed E-state index contributed by atoms with van der Waals surface area (Å²) in [5, 5.41) is 22.4. The minimum atomic E-state index is -0.597. The van der Waals surface area contributed by atoms with Gasteiger partial charge in [0.1, 0.15) is 17.2 Å². The molecule has 18 heteroatoms. The number of aromatic nitrogens is 8. The average molecular weight is 940 g/mol. The van der Waals surface area contributed by atoms with E-state index in [4.69, 9.17) is 58.6 Å². The molecule has 1 N–H and O–H groups in total. The number of piperidine rings is 1. The van der Waals surface area contributed by atoms with E-state index >= 15 is 0 Å². The minimum absolute atomic E-state index is 0.0391. The van der Waals surface area contributed by atoms with Crippen molar-refractivity contribution in [2.75, 3.05) is 95.9 Å². The Labute approximate surface area is 400 Å². The Bertz CT molecular complexity index is 2870. The van der Waals surface area contributed by atoms with Gasteiger partial charge in [0.15, 0.2) is 11.6 Å². The zero-order valence-corrected chi connectivity index (χ0v) is 39.5. The number of benzene rings is 2. The molecule has 0 amide bonds. The van der Waals surface area contributed by atoms with Gasteiger partial charge in [-0.15, -0.1) is 0 Å². The summed E-state index contributed by atoms with van der Waals surface area (Å²) in [4.78, 5) is 26.9. The molecule has 7 aliphatic rings. The highest BCUT2D eigenvalue weighted by molar-refractivity contribution is 5.83. The van der Waals surface area contributed by atoms with Gasteiger partial charge in [0.25, 0.3) is 0 Å². The van der Waals surface area contributed by atoms with Crippen molar-refractivity contribution in [3.8, 4) is 23.7 Å². The molecule has 5 atom stereocenters. The van der Waals surface area contributed by atoms with Crippen LogP contribution in [0.1, 0.15) is 79.0 Å². The van der Waals surface area contributed by atoms with Crippen LogP contribution in [0, 0.1) is 6.92 Å². The van der Waals surface area contributed by atoms with Crippen LogP contribution in [0.15, 0.2) is 48.8 Å². The molecule has 4 aromatic heterocycles. The van der Waals surface area contributed by atoms with Crippen LogP contribution >= 0.6 is 0 Å². The molecular formula is C51H61N11O7. The summed E-state index contributed by atoms with van der Waals surface area (Å²) in [7, 11) is 1.61. The molecule has 2 aromatic carbocycles. The Balaban J connectivity index is 0.830. The van der Waals surface area contributed by atoms with Crippen molar-refractivity contribution in [1.82, 2.24) is 44.4 Å². The van der Waals surface area contributed by atoms with E-state index in [2.05, 4.69) is 45.9 Å². The van der Waals surface area contributed by atoms with Crippen molar-refractivity contribution < 1.29 is 33.5 Å². The molecule has 7 saturated heterocycles. The molecule has 5 unspecified atom stereocenters. The molecule has 362 valence electrons. The van der Waals surface area contributed by atoms with Crippen LogP contribution in [0.5, 0.6) is 12.0 Å². The van der Waals surface area contributed by atoms with E-state index in [1.54, 1.807) is 7.11 Å². The molecule has 0 aliphatic carbocycles. The number of ether oxygens (including phenoxy) is 6. The fourth-order valence-corrected chi connectivity index (χ4v) is 12.5. The molecule has 13 rings (SSSR count). The lowest BCUT2D eigenvalue weighted by Gasteiger charge is -2.36. The number of fused-ring (bicyclic) bond motifs is 6. The lowest BCUT2D eigenvalue weighted by atomic mass is 9.84. The van der Waals surface area contributed by atoms with Crippen LogP contribution in [0.4, 0.5) is 11.6 Å². The minimum Gasteiger partial charge on any atom is -0.467 e. The van der Waals surface area contributed by atoms with Crippen LogP contribution < -0.4 is 19.3 Å². The number of rotatable bonds is 13. The summed E-state index contributed by atoms with van der Waals surface area (Å²) in [6.45, 7) is 10.4. The van der Waals surface area contributed by atoms with Gasteiger partial charge in [-0.1, -0.05) is 0 Å². The highest BCUT2D eigenvalue weighted by atomic mass is 16.5. The molecule has 0 saturated carbocycles. The van der Waals surface area contributed by atoms with Crippen molar-refractivity contribution in [3.63, 3.8) is 0 Å². The number of nitrogens with zero attached hydrogens (tertiary/aromatic N) is 11. The second-order valence-corrected chi connectivity index (χ2v) is 20.4. The first-order valence-corrected chi connectivity index (χ1v) is 25.1. The second-order valence-electron chi connectivity index (χ2n) is 20.4. The molecule has 18 nitrogen and oxygen atoms in total. The first-order chi connectivity index (χ1) is 33.9. The standard InChI is InChI=1S/C51H61N11O7/c1-31-15-35-23-52-61(43(35)18-41(31)33-5-11-65-12-6-33)48-21-46(60-29-51(30-63)22-39(60)28-69-51)55-50(57-48)67-14-7-34-16-36-24-53-62(44(36)19-42(34)32-3-9-58(10-4-32)37-8-13-66-26-37)47-20-45(54-49(56-47)64-2)59-25-40-17-38(59)27-68-40/h15-16,18-21,23-24,32-33,37-40,63H,3-14,17,22,25-30H2,1-2H3. The smallest absolute Gasteiger partial charge is 0.320 e. The van der Waals surface area contributed by atoms with Gasteiger partial charge in [0.05, 0.1) is 88.3 Å². The van der Waals surface area contributed by atoms with Gasteiger partial charge in [-0.2, -0.15) is 30.1 Å². The molecule has 69 heavy (non-hydrogen) atoms. The molecule has 11 heterocycles. The average Bonchev–Trinajstić information content (AvgIpc) is 4.28. The maximum Gasteiger partial charge on any atom is 0.320 e. The Hall–Kier alpha value is -5.50. The van der Waals surface area contributed by atoms with Crippen molar-refractivity contribution in [2.24, 2.45) is 0 Å². The third-order valence-electron chi connectivity index (χ3n) is 16.3. The van der Waals surface area contributed by atoms with Crippen LogP contribution in [-0.4, -0.2) is 165 Å². The summed E-state index contributed by atoms with van der Waals surface area (Å²) >= 11 is 0. The number of likely N-dealkylation sites (tertiary alicyclic amines) is 1. The first kappa shape index (κ1) is 43.5. The largest absolute Gasteiger partial charge is 0.467 e. The summed E-state index contributed by atoms with van der Waals surface area (Å²) in [5.41, 5.74) is 6.52. The zero-order chi connectivity index (χ0) is 46.2. The zero-order valence-electron chi connectivity index (χ0n) is 39.5. The van der Waals surface area contributed by atoms with Crippen LogP contribution in [-0.2, 0) is 25.4 Å². The van der Waals surface area contributed by atoms with Gasteiger partial charge in [-0.05, 0) is 117 Å². The van der Waals surface area contributed by atoms with E-state index in [0.717, 1.165) is 124 Å². The Kier molecular flexibility index (Phi) is 11.2. The van der Waals surface area contributed by atoms with E-state index in [1.807, 2.05) is 33.9 Å². The summed E-state index contributed by atoms with van der Waals surface area (Å²) in [6.07, 6.45) is 11.7. The summed E-state index contributed by atoms with van der Waals surface area (Å²) in [5.74, 6) is 3.66. The predicted octanol–water partition coefficient (Wildman–Crippen LogP) is 5.06. The number of aliphatic hydroxyl groups excluding tert-OH is 1. The van der Waals surface area contributed by atoms with Crippen molar-refractivity contribution in [2.45, 2.75) is 100.0 Å². The Morgan fingerprint density at radius 2 is 1.41 bits per heavy atom. The third kappa shape index (κ3) is 7.96. The molecule has 0 spiro atoms. The van der Waals surface area contributed by atoms with E-state index in [-0.39, 0.29) is 18.8 Å². The van der Waals surface area contributed by atoms with Gasteiger partial charge < -0.3 is 43.3 Å². The molecule has 4 bridgehead atoms. The summed E-state index contributed by atoms with van der Waals surface area (Å²) in [6, 6.07) is 14.7. The first-order valence-electron chi connectivity index (χ1n) is 25.1. The van der Waals surface area contributed by atoms with Crippen molar-refractivity contribution in [3.05, 3.63) is 71.0 Å². The number of hydrogen-bond donors (Lipinski definition) is 1. The highest BCUT2D eigenvalue weighted by Gasteiger charge is 2.51. The molecule has 7 aliphatic heterocycles.